The fraction of sp³-hybridized carbons (Fsp3) is 0.138. The molecule has 0 spiro atoms. The van der Waals surface area contributed by atoms with Crippen LogP contribution in [0, 0.1) is 5.82 Å². The molecule has 0 bridgehead atoms. The van der Waals surface area contributed by atoms with E-state index in [1.54, 1.807) is 42.3 Å². The average Bonchev–Trinajstić information content (AvgIpc) is 3.37. The predicted molar refractivity (Wildman–Crippen MR) is 149 cm³/mol. The van der Waals surface area contributed by atoms with Crippen molar-refractivity contribution in [2.75, 3.05) is 25.6 Å². The van der Waals surface area contributed by atoms with Gasteiger partial charge < -0.3 is 19.5 Å². The summed E-state index contributed by atoms with van der Waals surface area (Å²) in [5.74, 6) is 1.23. The summed E-state index contributed by atoms with van der Waals surface area (Å²) in [7, 11) is 1.57. The van der Waals surface area contributed by atoms with E-state index in [1.807, 2.05) is 35.7 Å². The Hall–Kier alpha value is -4.70. The van der Waals surface area contributed by atoms with Crippen molar-refractivity contribution in [3.63, 3.8) is 0 Å². The quantitative estimate of drug-likeness (QED) is 0.231. The molecule has 1 amide bonds. The number of thiazole rings is 1. The maximum atomic E-state index is 13.2. The third-order valence-electron chi connectivity index (χ3n) is 5.77. The molecular weight excluding hydrogens is 519 g/mol. The highest BCUT2D eigenvalue weighted by Crippen LogP contribution is 2.33. The number of methoxy groups -OCH3 is 1. The van der Waals surface area contributed by atoms with E-state index in [0.29, 0.717) is 34.3 Å². The predicted octanol–water partition coefficient (Wildman–Crippen LogP) is 5.24. The molecular formula is C29H25FN4O4S. The van der Waals surface area contributed by atoms with Gasteiger partial charge in [0.2, 0.25) is 4.80 Å². The van der Waals surface area contributed by atoms with Gasteiger partial charge in [-0.25, -0.2) is 9.07 Å². The van der Waals surface area contributed by atoms with Crippen LogP contribution in [0.5, 0.6) is 17.2 Å². The van der Waals surface area contributed by atoms with Gasteiger partial charge in [-0.1, -0.05) is 18.2 Å². The number of aromatic nitrogens is 1. The number of anilines is 1. The number of rotatable bonds is 9. The number of fused-ring (bicyclic) bond motifs is 1. The third kappa shape index (κ3) is 6.07. The number of nitrogens with zero attached hydrogens (tertiary/aromatic N) is 3. The molecule has 0 unspecified atom stereocenters. The first-order chi connectivity index (χ1) is 19.0. The van der Waals surface area contributed by atoms with Gasteiger partial charge in [0.05, 0.1) is 31.3 Å². The number of halogens is 1. The first-order valence-corrected chi connectivity index (χ1v) is 12.9. The maximum absolute atomic E-state index is 13.2. The van der Waals surface area contributed by atoms with Gasteiger partial charge in [0, 0.05) is 10.9 Å². The lowest BCUT2D eigenvalue weighted by molar-refractivity contribution is -0.118. The summed E-state index contributed by atoms with van der Waals surface area (Å²) in [6, 6.07) is 17.2. The van der Waals surface area contributed by atoms with Gasteiger partial charge in [-0.05, 0) is 59.7 Å². The van der Waals surface area contributed by atoms with Gasteiger partial charge in [0.1, 0.15) is 18.2 Å². The second-order valence-electron chi connectivity index (χ2n) is 8.46. The fourth-order valence-electron chi connectivity index (χ4n) is 3.85. The number of amides is 1. The van der Waals surface area contributed by atoms with Crippen molar-refractivity contribution in [1.29, 1.82) is 0 Å². The second-order valence-corrected chi connectivity index (χ2v) is 9.30. The third-order valence-corrected chi connectivity index (χ3v) is 6.62. The lowest BCUT2D eigenvalue weighted by atomic mass is 10.1. The normalized spacial score (nSPS) is 13.1. The van der Waals surface area contributed by atoms with Gasteiger partial charge >= 0.3 is 0 Å². The first kappa shape index (κ1) is 25.9. The summed E-state index contributed by atoms with van der Waals surface area (Å²) in [6.45, 7) is 4.47. The fourth-order valence-corrected chi connectivity index (χ4v) is 4.70. The van der Waals surface area contributed by atoms with Crippen molar-refractivity contribution >= 4 is 29.1 Å². The van der Waals surface area contributed by atoms with Crippen LogP contribution < -0.4 is 24.3 Å². The zero-order chi connectivity index (χ0) is 27.2. The van der Waals surface area contributed by atoms with Crippen molar-refractivity contribution in [2.24, 2.45) is 10.1 Å². The van der Waals surface area contributed by atoms with Gasteiger partial charge in [-0.15, -0.1) is 17.9 Å². The molecule has 10 heteroatoms. The maximum Gasteiger partial charge on any atom is 0.262 e. The topological polar surface area (TPSA) is 86.4 Å². The highest BCUT2D eigenvalue weighted by molar-refractivity contribution is 7.07. The van der Waals surface area contributed by atoms with E-state index in [2.05, 4.69) is 16.9 Å². The molecule has 8 nitrogen and oxygen atoms in total. The molecule has 0 saturated carbocycles. The van der Waals surface area contributed by atoms with Gasteiger partial charge in [-0.3, -0.25) is 9.79 Å². The van der Waals surface area contributed by atoms with Gasteiger partial charge in [0.15, 0.2) is 18.1 Å². The lowest BCUT2D eigenvalue weighted by Crippen LogP contribution is -2.25. The van der Waals surface area contributed by atoms with Crippen LogP contribution in [-0.2, 0) is 11.4 Å². The molecule has 39 heavy (non-hydrogen) atoms. The SMILES string of the molecule is C=CCN=c1scc(-c2ccc3c(c2)NC(=O)CO3)n1N=Cc1ccc(OCc2ccc(F)cc2)c(OC)c1. The molecule has 0 aliphatic carbocycles. The number of hydrogen-bond donors (Lipinski definition) is 1. The molecule has 0 radical (unpaired) electrons. The molecule has 2 heterocycles. The molecule has 1 aliphatic rings. The van der Waals surface area contributed by atoms with Crippen molar-refractivity contribution < 1.29 is 23.4 Å². The molecule has 1 N–H and O–H groups in total. The van der Waals surface area contributed by atoms with E-state index >= 15 is 0 Å². The minimum absolute atomic E-state index is 0.000791. The Morgan fingerprint density at radius 2 is 2.00 bits per heavy atom. The molecule has 1 aromatic heterocycles. The number of carbonyl (C=O) groups excluding carboxylic acids is 1. The number of ether oxygens (including phenoxy) is 3. The standard InChI is InChI=1S/C29H25FN4O4S/c1-3-12-31-29-34(24(18-39-29)21-7-11-25-23(14-21)33-28(35)17-38-25)32-15-20-6-10-26(27(13-20)36-2)37-16-19-4-8-22(30)9-5-19/h3-11,13-15,18H,1,12,16-17H2,2H3,(H,33,35). The molecule has 0 fully saturated rings. The van der Waals surface area contributed by atoms with E-state index < -0.39 is 0 Å². The van der Waals surface area contributed by atoms with Crippen LogP contribution in [0.25, 0.3) is 11.3 Å². The monoisotopic (exact) mass is 544 g/mol. The molecule has 0 atom stereocenters. The molecule has 5 rings (SSSR count). The average molecular weight is 545 g/mol. The van der Waals surface area contributed by atoms with E-state index in [0.717, 1.165) is 22.4 Å². The summed E-state index contributed by atoms with van der Waals surface area (Å²) in [6.07, 6.45) is 3.42. The zero-order valence-corrected chi connectivity index (χ0v) is 21.9. The number of hydrogen-bond acceptors (Lipinski definition) is 7. The Kier molecular flexibility index (Phi) is 7.83. The molecule has 4 aromatic rings. The Balaban J connectivity index is 1.43. The lowest BCUT2D eigenvalue weighted by Gasteiger charge is -2.18. The van der Waals surface area contributed by atoms with E-state index in [4.69, 9.17) is 19.3 Å². The van der Waals surface area contributed by atoms with Crippen molar-refractivity contribution in [3.05, 3.63) is 100 Å². The van der Waals surface area contributed by atoms with Crippen molar-refractivity contribution in [1.82, 2.24) is 4.68 Å². The Bertz CT molecular complexity index is 1610. The molecule has 198 valence electrons. The number of nitrogens with one attached hydrogen (secondary N) is 1. The van der Waals surface area contributed by atoms with Crippen molar-refractivity contribution in [2.45, 2.75) is 6.61 Å². The minimum Gasteiger partial charge on any atom is -0.493 e. The smallest absolute Gasteiger partial charge is 0.262 e. The summed E-state index contributed by atoms with van der Waals surface area (Å²) in [5, 5.41) is 9.52. The van der Waals surface area contributed by atoms with Gasteiger partial charge in [-0.2, -0.15) is 5.10 Å². The van der Waals surface area contributed by atoms with E-state index in [-0.39, 0.29) is 24.9 Å². The Morgan fingerprint density at radius 3 is 2.79 bits per heavy atom. The Labute approximate surface area is 228 Å². The summed E-state index contributed by atoms with van der Waals surface area (Å²) >= 11 is 1.45. The Morgan fingerprint density at radius 1 is 1.15 bits per heavy atom. The largest absolute Gasteiger partial charge is 0.493 e. The van der Waals surface area contributed by atoms with Crippen LogP contribution in [-0.4, -0.2) is 37.1 Å². The summed E-state index contributed by atoms with van der Waals surface area (Å²) < 4.78 is 31.8. The number of carbonyl (C=O) groups is 1. The van der Waals surface area contributed by atoms with Gasteiger partial charge in [0.25, 0.3) is 5.91 Å². The number of benzene rings is 3. The highest BCUT2D eigenvalue weighted by atomic mass is 32.1. The van der Waals surface area contributed by atoms with Crippen LogP contribution in [0.1, 0.15) is 11.1 Å². The first-order valence-electron chi connectivity index (χ1n) is 12.0. The van der Waals surface area contributed by atoms with Crippen LogP contribution >= 0.6 is 11.3 Å². The zero-order valence-electron chi connectivity index (χ0n) is 21.1. The minimum atomic E-state index is -0.292. The van der Waals surface area contributed by atoms with Crippen LogP contribution in [0.15, 0.2) is 88.8 Å². The molecule has 3 aromatic carbocycles. The molecule has 0 saturated heterocycles. The van der Waals surface area contributed by atoms with E-state index in [1.165, 1.54) is 23.5 Å². The summed E-state index contributed by atoms with van der Waals surface area (Å²) in [4.78, 5) is 17.1. The second kappa shape index (κ2) is 11.8. The van der Waals surface area contributed by atoms with Crippen LogP contribution in [0.3, 0.4) is 0 Å². The summed E-state index contributed by atoms with van der Waals surface area (Å²) in [5.41, 5.74) is 3.88. The van der Waals surface area contributed by atoms with Crippen LogP contribution in [0.4, 0.5) is 10.1 Å². The highest BCUT2D eigenvalue weighted by Gasteiger charge is 2.18. The molecule has 1 aliphatic heterocycles. The van der Waals surface area contributed by atoms with Crippen molar-refractivity contribution in [3.8, 4) is 28.5 Å². The van der Waals surface area contributed by atoms with Crippen LogP contribution in [0.2, 0.25) is 0 Å². The van der Waals surface area contributed by atoms with E-state index in [9.17, 15) is 9.18 Å².